The van der Waals surface area contributed by atoms with Gasteiger partial charge < -0.3 is 14.7 Å². The number of hydrogen-bond donors (Lipinski definition) is 1. The number of alkyl halides is 3. The van der Waals surface area contributed by atoms with E-state index >= 15 is 0 Å². The number of nitrogens with zero attached hydrogens (tertiary/aromatic N) is 3. The highest BCUT2D eigenvalue weighted by molar-refractivity contribution is 5.90. The molecule has 1 aromatic heterocycles. The van der Waals surface area contributed by atoms with Crippen molar-refractivity contribution >= 4 is 11.7 Å². The molecule has 1 unspecified atom stereocenters. The van der Waals surface area contributed by atoms with Gasteiger partial charge in [0, 0.05) is 12.6 Å². The molecule has 2 amide bonds. The van der Waals surface area contributed by atoms with Crippen molar-refractivity contribution in [3.8, 4) is 11.4 Å². The molecule has 1 aliphatic rings. The molecule has 0 bridgehead atoms. The minimum absolute atomic E-state index is 0.00971. The lowest BCUT2D eigenvalue weighted by Gasteiger charge is -2.23. The summed E-state index contributed by atoms with van der Waals surface area (Å²) in [4.78, 5) is 18.1. The quantitative estimate of drug-likeness (QED) is 0.556. The molecule has 0 spiro atoms. The first-order chi connectivity index (χ1) is 14.7. The average molecular weight is 438 g/mol. The molecule has 0 radical (unpaired) electrons. The lowest BCUT2D eigenvalue weighted by Crippen LogP contribution is -2.35. The highest BCUT2D eigenvalue weighted by Crippen LogP contribution is 2.36. The minimum Gasteiger partial charge on any atom is -0.337 e. The Kier molecular flexibility index (Phi) is 5.34. The van der Waals surface area contributed by atoms with Gasteiger partial charge in [-0.3, -0.25) is 0 Å². The number of hydrogen-bond acceptors (Lipinski definition) is 4. The lowest BCUT2D eigenvalue weighted by molar-refractivity contribution is -0.136. The molecule has 1 saturated heterocycles. The fraction of sp³-hybridized carbons (Fsp3) is 0.250. The molecule has 1 atom stereocenters. The van der Waals surface area contributed by atoms with Gasteiger partial charge >= 0.3 is 12.2 Å². The Morgan fingerprint density at radius 2 is 1.94 bits per heavy atom. The van der Waals surface area contributed by atoms with E-state index < -0.39 is 35.4 Å². The lowest BCUT2D eigenvalue weighted by atomic mass is 10.1. The number of urea groups is 1. The Hall–Kier alpha value is -3.50. The Labute approximate surface area is 172 Å². The van der Waals surface area contributed by atoms with E-state index in [4.69, 9.17) is 4.52 Å². The van der Waals surface area contributed by atoms with Crippen LogP contribution in [0.15, 0.2) is 47.0 Å². The van der Waals surface area contributed by atoms with E-state index in [-0.39, 0.29) is 29.5 Å². The first kappa shape index (κ1) is 20.8. The molecular formula is C20H15F5N4O2. The Morgan fingerprint density at radius 1 is 1.16 bits per heavy atom. The third-order valence-corrected chi connectivity index (χ3v) is 4.89. The van der Waals surface area contributed by atoms with Gasteiger partial charge in [0.2, 0.25) is 11.7 Å². The molecule has 0 aliphatic carbocycles. The smallest absolute Gasteiger partial charge is 0.337 e. The van der Waals surface area contributed by atoms with E-state index in [1.54, 1.807) is 0 Å². The van der Waals surface area contributed by atoms with Gasteiger partial charge in [0.15, 0.2) is 0 Å². The summed E-state index contributed by atoms with van der Waals surface area (Å²) < 4.78 is 71.8. The maximum absolute atomic E-state index is 14.0. The van der Waals surface area contributed by atoms with Crippen molar-refractivity contribution in [2.45, 2.75) is 25.1 Å². The van der Waals surface area contributed by atoms with E-state index in [0.29, 0.717) is 18.9 Å². The predicted octanol–water partition coefficient (Wildman–Crippen LogP) is 5.40. The number of amides is 2. The number of carbonyl (C=O) groups is 1. The summed E-state index contributed by atoms with van der Waals surface area (Å²) in [6, 6.07) is 6.08. The van der Waals surface area contributed by atoms with Crippen molar-refractivity contribution in [2.24, 2.45) is 0 Å². The fourth-order valence-electron chi connectivity index (χ4n) is 3.44. The van der Waals surface area contributed by atoms with E-state index in [0.717, 1.165) is 24.3 Å². The number of halogens is 5. The zero-order chi connectivity index (χ0) is 22.2. The largest absolute Gasteiger partial charge is 0.418 e. The second-order valence-electron chi connectivity index (χ2n) is 6.91. The van der Waals surface area contributed by atoms with Crippen LogP contribution in [0.2, 0.25) is 0 Å². The van der Waals surface area contributed by atoms with Crippen LogP contribution in [0, 0.1) is 11.6 Å². The SMILES string of the molecule is O=C(Nc1ccccc1C(F)(F)F)N1CCCC1c1nc(-c2ccc(F)cc2F)no1. The maximum Gasteiger partial charge on any atom is 0.418 e. The third kappa shape index (κ3) is 4.21. The molecule has 2 aromatic carbocycles. The number of nitrogens with one attached hydrogen (secondary N) is 1. The monoisotopic (exact) mass is 438 g/mol. The Balaban J connectivity index is 1.55. The van der Waals surface area contributed by atoms with Crippen molar-refractivity contribution in [3.63, 3.8) is 0 Å². The van der Waals surface area contributed by atoms with Crippen LogP contribution >= 0.6 is 0 Å². The fourth-order valence-corrected chi connectivity index (χ4v) is 3.44. The van der Waals surface area contributed by atoms with Crippen LogP contribution in [0.4, 0.5) is 32.4 Å². The Morgan fingerprint density at radius 3 is 2.68 bits per heavy atom. The van der Waals surface area contributed by atoms with Crippen LogP contribution in [0.5, 0.6) is 0 Å². The van der Waals surface area contributed by atoms with Gasteiger partial charge in [-0.1, -0.05) is 17.3 Å². The molecule has 6 nitrogen and oxygen atoms in total. The van der Waals surface area contributed by atoms with Crippen LogP contribution in [0.25, 0.3) is 11.4 Å². The standard InChI is InChI=1S/C20H15F5N4O2/c21-11-7-8-12(14(22)10-11)17-27-18(31-28-17)16-6-3-9-29(16)19(30)26-15-5-2-1-4-13(15)20(23,24)25/h1-2,4-5,7-8,10,16H,3,6,9H2,(H,26,30). The summed E-state index contributed by atoms with van der Waals surface area (Å²) in [5.74, 6) is -1.75. The predicted molar refractivity (Wildman–Crippen MR) is 98.8 cm³/mol. The van der Waals surface area contributed by atoms with Crippen LogP contribution < -0.4 is 5.32 Å². The molecule has 1 N–H and O–H groups in total. The number of aromatic nitrogens is 2. The van der Waals surface area contributed by atoms with Crippen LogP contribution in [0.1, 0.15) is 30.3 Å². The van der Waals surface area contributed by atoms with Gasteiger partial charge in [-0.15, -0.1) is 0 Å². The highest BCUT2D eigenvalue weighted by Gasteiger charge is 2.37. The normalized spacial score (nSPS) is 16.5. The van der Waals surface area contributed by atoms with Crippen molar-refractivity contribution in [3.05, 3.63) is 65.6 Å². The molecule has 1 fully saturated rings. The van der Waals surface area contributed by atoms with Gasteiger partial charge in [-0.05, 0) is 37.1 Å². The molecule has 4 rings (SSSR count). The van der Waals surface area contributed by atoms with E-state index in [1.165, 1.54) is 17.0 Å². The Bertz CT molecular complexity index is 1110. The summed E-state index contributed by atoms with van der Waals surface area (Å²) in [7, 11) is 0. The van der Waals surface area contributed by atoms with E-state index in [9.17, 15) is 26.7 Å². The average Bonchev–Trinajstić information content (AvgIpc) is 3.37. The van der Waals surface area contributed by atoms with Crippen molar-refractivity contribution in [2.75, 3.05) is 11.9 Å². The van der Waals surface area contributed by atoms with Gasteiger partial charge in [-0.2, -0.15) is 18.2 Å². The van der Waals surface area contributed by atoms with Gasteiger partial charge in [0.25, 0.3) is 0 Å². The first-order valence-electron chi connectivity index (χ1n) is 9.27. The first-order valence-corrected chi connectivity index (χ1v) is 9.27. The van der Waals surface area contributed by atoms with E-state index in [1.807, 2.05) is 0 Å². The molecule has 162 valence electrons. The number of anilines is 1. The molecule has 0 saturated carbocycles. The second kappa shape index (κ2) is 7.97. The van der Waals surface area contributed by atoms with E-state index in [2.05, 4.69) is 15.5 Å². The number of rotatable bonds is 3. The van der Waals surface area contributed by atoms with Crippen LogP contribution in [-0.2, 0) is 6.18 Å². The summed E-state index contributed by atoms with van der Waals surface area (Å²) in [5.41, 5.74) is -1.42. The molecule has 3 aromatic rings. The number of para-hydroxylation sites is 1. The molecular weight excluding hydrogens is 423 g/mol. The highest BCUT2D eigenvalue weighted by atomic mass is 19.4. The van der Waals surface area contributed by atoms with Crippen molar-refractivity contribution in [1.82, 2.24) is 15.0 Å². The summed E-state index contributed by atoms with van der Waals surface area (Å²) in [6.45, 7) is 0.257. The molecule has 31 heavy (non-hydrogen) atoms. The minimum atomic E-state index is -4.63. The molecule has 1 aliphatic heterocycles. The molecule has 11 heteroatoms. The van der Waals surface area contributed by atoms with Gasteiger partial charge in [0.1, 0.15) is 17.7 Å². The molecule has 2 heterocycles. The summed E-state index contributed by atoms with van der Waals surface area (Å²) >= 11 is 0. The second-order valence-corrected chi connectivity index (χ2v) is 6.91. The summed E-state index contributed by atoms with van der Waals surface area (Å²) in [5, 5.41) is 5.98. The number of likely N-dealkylation sites (tertiary alicyclic amines) is 1. The number of carbonyl (C=O) groups excluding carboxylic acids is 1. The van der Waals surface area contributed by atoms with Gasteiger partial charge in [0.05, 0.1) is 16.8 Å². The van der Waals surface area contributed by atoms with Crippen LogP contribution in [0.3, 0.4) is 0 Å². The van der Waals surface area contributed by atoms with Crippen molar-refractivity contribution < 1.29 is 31.3 Å². The summed E-state index contributed by atoms with van der Waals surface area (Å²) in [6.07, 6.45) is -3.64. The maximum atomic E-state index is 14.0. The topological polar surface area (TPSA) is 71.3 Å². The number of benzene rings is 2. The zero-order valence-corrected chi connectivity index (χ0v) is 15.8. The van der Waals surface area contributed by atoms with Crippen molar-refractivity contribution in [1.29, 1.82) is 0 Å². The zero-order valence-electron chi connectivity index (χ0n) is 15.8. The van der Waals surface area contributed by atoms with Gasteiger partial charge in [-0.25, -0.2) is 13.6 Å². The van der Waals surface area contributed by atoms with Crippen LogP contribution in [-0.4, -0.2) is 27.6 Å². The third-order valence-electron chi connectivity index (χ3n) is 4.89.